The number of anilines is 1. The third-order valence-electron chi connectivity index (χ3n) is 5.50. The summed E-state index contributed by atoms with van der Waals surface area (Å²) in [6.07, 6.45) is 5.67. The molecule has 0 radical (unpaired) electrons. The third kappa shape index (κ3) is 5.94. The molecule has 1 aromatic carbocycles. The average Bonchev–Trinajstić information content (AvgIpc) is 2.85. The summed E-state index contributed by atoms with van der Waals surface area (Å²) in [4.78, 5) is 22.3. The molecule has 4 rings (SSSR count). The molecule has 174 valence electrons. The number of carbonyl (C=O) groups excluding carboxylic acids is 1. The lowest BCUT2D eigenvalue weighted by atomic mass is 10.1. The first kappa shape index (κ1) is 23.3. The molecule has 0 atom stereocenters. The summed E-state index contributed by atoms with van der Waals surface area (Å²) in [6.45, 7) is 6.69. The predicted octanol–water partition coefficient (Wildman–Crippen LogP) is 4.66. The van der Waals surface area contributed by atoms with Gasteiger partial charge in [0.1, 0.15) is 18.2 Å². The van der Waals surface area contributed by atoms with E-state index in [9.17, 15) is 4.79 Å². The van der Waals surface area contributed by atoms with Gasteiger partial charge in [-0.3, -0.25) is 4.98 Å². The number of nitrogens with one attached hydrogen (secondary N) is 2. The highest BCUT2D eigenvalue weighted by atomic mass is 32.2. The monoisotopic (exact) mass is 466 g/mol. The second kappa shape index (κ2) is 11.3. The van der Waals surface area contributed by atoms with Crippen LogP contribution in [0.1, 0.15) is 42.6 Å². The molecule has 0 spiro atoms. The van der Waals surface area contributed by atoms with E-state index >= 15 is 0 Å². The molecule has 33 heavy (non-hydrogen) atoms. The first-order valence-electron chi connectivity index (χ1n) is 11.5. The van der Waals surface area contributed by atoms with E-state index < -0.39 is 0 Å². The van der Waals surface area contributed by atoms with Crippen LogP contribution in [0.15, 0.2) is 47.6 Å². The van der Waals surface area contributed by atoms with Crippen LogP contribution in [0.3, 0.4) is 0 Å². The molecule has 0 bridgehead atoms. The van der Waals surface area contributed by atoms with Gasteiger partial charge in [-0.25, -0.2) is 9.78 Å². The van der Waals surface area contributed by atoms with Crippen molar-refractivity contribution >= 4 is 34.5 Å². The molecule has 1 aliphatic heterocycles. The molecule has 1 aliphatic rings. The van der Waals surface area contributed by atoms with Gasteiger partial charge < -0.3 is 20.1 Å². The van der Waals surface area contributed by atoms with Crippen molar-refractivity contribution in [1.82, 2.24) is 15.3 Å². The first-order chi connectivity index (χ1) is 16.2. The van der Waals surface area contributed by atoms with E-state index in [1.807, 2.05) is 36.5 Å². The van der Waals surface area contributed by atoms with E-state index in [4.69, 9.17) is 9.47 Å². The second-order valence-corrected chi connectivity index (χ2v) is 9.12. The van der Waals surface area contributed by atoms with E-state index in [0.717, 1.165) is 64.6 Å². The number of esters is 1. The van der Waals surface area contributed by atoms with Gasteiger partial charge in [-0.1, -0.05) is 13.0 Å². The number of carbonyl (C=O) groups is 1. The topological polar surface area (TPSA) is 85.4 Å². The number of hydrogen-bond donors (Lipinski definition) is 2. The van der Waals surface area contributed by atoms with E-state index in [2.05, 4.69) is 27.5 Å². The molecule has 1 saturated heterocycles. The number of rotatable bonds is 9. The molecule has 2 aromatic heterocycles. The van der Waals surface area contributed by atoms with E-state index in [-0.39, 0.29) is 5.97 Å². The van der Waals surface area contributed by atoms with Crippen molar-refractivity contribution in [3.63, 3.8) is 0 Å². The largest absolute Gasteiger partial charge is 0.489 e. The average molecular weight is 467 g/mol. The molecule has 7 nitrogen and oxygen atoms in total. The van der Waals surface area contributed by atoms with E-state index in [1.165, 1.54) is 0 Å². The maximum Gasteiger partial charge on any atom is 0.340 e. The van der Waals surface area contributed by atoms with Crippen LogP contribution in [0.5, 0.6) is 5.75 Å². The number of fused-ring (bicyclic) bond motifs is 1. The van der Waals surface area contributed by atoms with Crippen molar-refractivity contribution < 1.29 is 14.3 Å². The number of hydrogen-bond acceptors (Lipinski definition) is 8. The Morgan fingerprint density at radius 1 is 1.15 bits per heavy atom. The standard InChI is InChI=1S/C25H30N4O3S/c1-3-31-25(30)21-15-27-22-7-6-19(13-20(22)24(21)33-4-2)32-16-17-5-8-23(28-14-17)29-18-9-11-26-12-10-18/h5-8,13-15,18,26H,3-4,9-12,16H2,1-2H3,(H,28,29). The Hall–Kier alpha value is -2.84. The Kier molecular flexibility index (Phi) is 8.01. The number of piperidine rings is 1. The SMILES string of the molecule is CCOC(=O)c1cnc2ccc(OCc3ccc(NC4CCNCC4)nc3)cc2c1SCC. The number of thioether (sulfide) groups is 1. The van der Waals surface area contributed by atoms with Crippen molar-refractivity contribution in [2.45, 2.75) is 44.2 Å². The van der Waals surface area contributed by atoms with Gasteiger partial charge in [-0.15, -0.1) is 11.8 Å². The predicted molar refractivity (Wildman–Crippen MR) is 132 cm³/mol. The molecular weight excluding hydrogens is 436 g/mol. The Labute approximate surface area is 198 Å². The van der Waals surface area contributed by atoms with E-state index in [1.54, 1.807) is 24.9 Å². The van der Waals surface area contributed by atoms with Crippen LogP contribution in [0.4, 0.5) is 5.82 Å². The summed E-state index contributed by atoms with van der Waals surface area (Å²) in [5.74, 6) is 2.11. The van der Waals surface area contributed by atoms with Gasteiger partial charge in [0.2, 0.25) is 0 Å². The highest BCUT2D eigenvalue weighted by Gasteiger charge is 2.17. The lowest BCUT2D eigenvalue weighted by Gasteiger charge is -2.24. The van der Waals surface area contributed by atoms with Gasteiger partial charge >= 0.3 is 5.97 Å². The molecule has 2 N–H and O–H groups in total. The van der Waals surface area contributed by atoms with Gasteiger partial charge in [0.05, 0.1) is 17.7 Å². The fraction of sp³-hybridized carbons (Fsp3) is 0.400. The van der Waals surface area contributed by atoms with Crippen LogP contribution >= 0.6 is 11.8 Å². The van der Waals surface area contributed by atoms with Crippen molar-refractivity contribution in [1.29, 1.82) is 0 Å². The lowest BCUT2D eigenvalue weighted by molar-refractivity contribution is 0.0522. The van der Waals surface area contributed by atoms with Gasteiger partial charge in [-0.2, -0.15) is 0 Å². The molecule has 0 aliphatic carbocycles. The number of pyridine rings is 2. The van der Waals surface area contributed by atoms with Crippen molar-refractivity contribution in [3.8, 4) is 5.75 Å². The fourth-order valence-corrected chi connectivity index (χ4v) is 4.73. The van der Waals surface area contributed by atoms with Crippen molar-refractivity contribution in [3.05, 3.63) is 53.9 Å². The summed E-state index contributed by atoms with van der Waals surface area (Å²) < 4.78 is 11.3. The van der Waals surface area contributed by atoms with Gasteiger partial charge in [0.25, 0.3) is 0 Å². The van der Waals surface area contributed by atoms with Crippen LogP contribution in [0.25, 0.3) is 10.9 Å². The Morgan fingerprint density at radius 2 is 2.00 bits per heavy atom. The Balaban J connectivity index is 1.47. The second-order valence-electron chi connectivity index (χ2n) is 7.84. The highest BCUT2D eigenvalue weighted by Crippen LogP contribution is 2.33. The molecule has 8 heteroatoms. The zero-order valence-corrected chi connectivity index (χ0v) is 19.9. The Bertz CT molecular complexity index is 1080. The Morgan fingerprint density at radius 3 is 2.73 bits per heavy atom. The van der Waals surface area contributed by atoms with Crippen LogP contribution in [-0.2, 0) is 11.3 Å². The zero-order chi connectivity index (χ0) is 23.0. The fourth-order valence-electron chi connectivity index (χ4n) is 3.83. The third-order valence-corrected chi connectivity index (χ3v) is 6.51. The molecule has 3 aromatic rings. The normalized spacial score (nSPS) is 14.2. The van der Waals surface area contributed by atoms with Crippen LogP contribution in [0, 0.1) is 0 Å². The van der Waals surface area contributed by atoms with Crippen LogP contribution in [0.2, 0.25) is 0 Å². The smallest absolute Gasteiger partial charge is 0.340 e. The molecule has 0 unspecified atom stereocenters. The summed E-state index contributed by atoms with van der Waals surface area (Å²) in [5, 5.41) is 7.77. The summed E-state index contributed by atoms with van der Waals surface area (Å²) >= 11 is 1.61. The van der Waals surface area contributed by atoms with Crippen molar-refractivity contribution in [2.75, 3.05) is 30.8 Å². The summed E-state index contributed by atoms with van der Waals surface area (Å²) in [5.41, 5.74) is 2.31. The molecule has 3 heterocycles. The molecule has 0 amide bonds. The van der Waals surface area contributed by atoms with Gasteiger partial charge in [0.15, 0.2) is 0 Å². The minimum absolute atomic E-state index is 0.330. The summed E-state index contributed by atoms with van der Waals surface area (Å²) in [6, 6.07) is 10.3. The van der Waals surface area contributed by atoms with E-state index in [0.29, 0.717) is 24.8 Å². The van der Waals surface area contributed by atoms with Gasteiger partial charge in [0, 0.05) is 34.3 Å². The number of aromatic nitrogens is 2. The summed E-state index contributed by atoms with van der Waals surface area (Å²) in [7, 11) is 0. The van der Waals surface area contributed by atoms with Crippen LogP contribution < -0.4 is 15.4 Å². The molecule has 1 fully saturated rings. The zero-order valence-electron chi connectivity index (χ0n) is 19.1. The van der Waals surface area contributed by atoms with Gasteiger partial charge in [-0.05, 0) is 62.9 Å². The number of ether oxygens (including phenoxy) is 2. The number of nitrogens with zero attached hydrogens (tertiary/aromatic N) is 2. The molecule has 0 saturated carbocycles. The minimum Gasteiger partial charge on any atom is -0.489 e. The first-order valence-corrected chi connectivity index (χ1v) is 12.4. The quantitative estimate of drug-likeness (QED) is 0.348. The number of benzene rings is 1. The van der Waals surface area contributed by atoms with Crippen LogP contribution in [-0.4, -0.2) is 47.4 Å². The lowest BCUT2D eigenvalue weighted by Crippen LogP contribution is -2.35. The molecular formula is C25H30N4O3S. The minimum atomic E-state index is -0.349. The maximum atomic E-state index is 12.4. The van der Waals surface area contributed by atoms with Crippen molar-refractivity contribution in [2.24, 2.45) is 0 Å². The maximum absolute atomic E-state index is 12.4. The highest BCUT2D eigenvalue weighted by molar-refractivity contribution is 7.99.